The van der Waals surface area contributed by atoms with Crippen molar-refractivity contribution in [3.8, 4) is 0 Å². The van der Waals surface area contributed by atoms with Crippen LogP contribution >= 0.6 is 0 Å². The largest absolute Gasteiger partial charge is 0.368 e. The number of carbonyl (C=O) groups excluding carboxylic acids is 1. The number of pyridine rings is 1. The van der Waals surface area contributed by atoms with E-state index in [1.165, 1.54) is 32.4 Å². The van der Waals surface area contributed by atoms with Crippen molar-refractivity contribution in [2.45, 2.75) is 24.8 Å². The Balaban J connectivity index is 2.95. The van der Waals surface area contributed by atoms with Crippen LogP contribution in [0.3, 0.4) is 0 Å². The smallest absolute Gasteiger partial charge is 0.244 e. The second-order valence-corrected chi connectivity index (χ2v) is 7.09. The molecule has 0 fully saturated rings. The van der Waals surface area contributed by atoms with Gasteiger partial charge in [-0.15, -0.1) is 0 Å². The van der Waals surface area contributed by atoms with Gasteiger partial charge in [-0.3, -0.25) is 4.79 Å². The van der Waals surface area contributed by atoms with E-state index >= 15 is 0 Å². The van der Waals surface area contributed by atoms with Crippen molar-refractivity contribution in [3.63, 3.8) is 0 Å². The highest BCUT2D eigenvalue weighted by Crippen LogP contribution is 2.15. The molecule has 3 N–H and O–H groups in total. The van der Waals surface area contributed by atoms with E-state index in [0.29, 0.717) is 5.82 Å². The van der Waals surface area contributed by atoms with Crippen LogP contribution in [0.1, 0.15) is 13.8 Å². The van der Waals surface area contributed by atoms with E-state index in [4.69, 9.17) is 5.73 Å². The van der Waals surface area contributed by atoms with E-state index in [1.807, 2.05) is 13.8 Å². The second kappa shape index (κ2) is 6.19. The average molecular weight is 300 g/mol. The Labute approximate surface area is 119 Å². The number of anilines is 1. The first-order valence-electron chi connectivity index (χ1n) is 6.10. The Morgan fingerprint density at radius 1 is 1.35 bits per heavy atom. The van der Waals surface area contributed by atoms with Gasteiger partial charge in [-0.25, -0.2) is 17.7 Å². The van der Waals surface area contributed by atoms with Crippen molar-refractivity contribution < 1.29 is 13.2 Å². The minimum Gasteiger partial charge on any atom is -0.368 e. The molecule has 1 unspecified atom stereocenters. The fourth-order valence-electron chi connectivity index (χ4n) is 1.55. The van der Waals surface area contributed by atoms with Gasteiger partial charge in [-0.05, 0) is 18.1 Å². The van der Waals surface area contributed by atoms with E-state index in [0.717, 1.165) is 4.31 Å². The van der Waals surface area contributed by atoms with Gasteiger partial charge in [0.05, 0.1) is 0 Å². The van der Waals surface area contributed by atoms with Crippen LogP contribution in [0.4, 0.5) is 5.82 Å². The number of rotatable bonds is 6. The number of nitrogens with one attached hydrogen (secondary N) is 1. The quantitative estimate of drug-likeness (QED) is 0.783. The zero-order valence-electron chi connectivity index (χ0n) is 12.0. The van der Waals surface area contributed by atoms with Gasteiger partial charge in [0.15, 0.2) is 0 Å². The SMILES string of the molecule is CC(C)C(Nc1ccc(S(=O)(=O)N(C)C)cn1)C(N)=O. The topological polar surface area (TPSA) is 105 Å². The molecular weight excluding hydrogens is 280 g/mol. The van der Waals surface area contributed by atoms with Gasteiger partial charge in [-0.1, -0.05) is 13.8 Å². The van der Waals surface area contributed by atoms with Crippen LogP contribution < -0.4 is 11.1 Å². The van der Waals surface area contributed by atoms with Gasteiger partial charge in [0.1, 0.15) is 16.8 Å². The number of amides is 1. The molecular formula is C12H20N4O3S. The highest BCUT2D eigenvalue weighted by atomic mass is 32.2. The van der Waals surface area contributed by atoms with Gasteiger partial charge >= 0.3 is 0 Å². The lowest BCUT2D eigenvalue weighted by atomic mass is 10.0. The average Bonchev–Trinajstić information content (AvgIpc) is 2.35. The number of aromatic nitrogens is 1. The highest BCUT2D eigenvalue weighted by molar-refractivity contribution is 7.89. The minimum atomic E-state index is -3.50. The lowest BCUT2D eigenvalue weighted by molar-refractivity contribution is -0.119. The zero-order valence-corrected chi connectivity index (χ0v) is 12.8. The molecule has 0 saturated heterocycles. The molecule has 0 aliphatic rings. The van der Waals surface area contributed by atoms with Crippen molar-refractivity contribution in [1.29, 1.82) is 0 Å². The summed E-state index contributed by atoms with van der Waals surface area (Å²) in [6.45, 7) is 3.71. The number of hydrogen-bond donors (Lipinski definition) is 2. The molecule has 0 spiro atoms. The third-order valence-corrected chi connectivity index (χ3v) is 4.59. The third-order valence-electron chi connectivity index (χ3n) is 2.79. The summed E-state index contributed by atoms with van der Waals surface area (Å²) in [5.41, 5.74) is 5.29. The van der Waals surface area contributed by atoms with E-state index in [2.05, 4.69) is 10.3 Å². The van der Waals surface area contributed by atoms with Crippen LogP contribution in [-0.2, 0) is 14.8 Å². The molecule has 0 radical (unpaired) electrons. The van der Waals surface area contributed by atoms with Crippen molar-refractivity contribution in [3.05, 3.63) is 18.3 Å². The molecule has 1 atom stereocenters. The molecule has 20 heavy (non-hydrogen) atoms. The van der Waals surface area contributed by atoms with E-state index < -0.39 is 22.0 Å². The predicted octanol–water partition coefficient (Wildman–Crippen LogP) is 0.254. The van der Waals surface area contributed by atoms with Crippen molar-refractivity contribution in [2.24, 2.45) is 11.7 Å². The summed E-state index contributed by atoms with van der Waals surface area (Å²) in [7, 11) is -0.608. The van der Waals surface area contributed by atoms with Gasteiger partial charge < -0.3 is 11.1 Å². The zero-order chi connectivity index (χ0) is 15.5. The predicted molar refractivity (Wildman–Crippen MR) is 76.6 cm³/mol. The van der Waals surface area contributed by atoms with Gasteiger partial charge in [0, 0.05) is 20.3 Å². The highest BCUT2D eigenvalue weighted by Gasteiger charge is 2.21. The molecule has 1 rings (SSSR count). The lowest BCUT2D eigenvalue weighted by Crippen LogP contribution is -2.39. The van der Waals surface area contributed by atoms with Crippen LogP contribution in [0.5, 0.6) is 0 Å². The Kier molecular flexibility index (Phi) is 5.07. The summed E-state index contributed by atoms with van der Waals surface area (Å²) in [6, 6.07) is 2.39. The minimum absolute atomic E-state index is 0.000477. The van der Waals surface area contributed by atoms with Crippen LogP contribution in [0.25, 0.3) is 0 Å². The molecule has 112 valence electrons. The molecule has 0 aliphatic heterocycles. The van der Waals surface area contributed by atoms with E-state index in [1.54, 1.807) is 0 Å². The Hall–Kier alpha value is -1.67. The lowest BCUT2D eigenvalue weighted by Gasteiger charge is -2.19. The maximum Gasteiger partial charge on any atom is 0.244 e. The summed E-state index contributed by atoms with van der Waals surface area (Å²) in [5.74, 6) is -0.0773. The molecule has 1 amide bonds. The van der Waals surface area contributed by atoms with Gasteiger partial charge in [0.2, 0.25) is 15.9 Å². The number of carbonyl (C=O) groups is 1. The Morgan fingerprint density at radius 2 is 1.95 bits per heavy atom. The number of sulfonamides is 1. The summed E-state index contributed by atoms with van der Waals surface area (Å²) in [5, 5.41) is 2.89. The molecule has 1 heterocycles. The molecule has 0 saturated carbocycles. The monoisotopic (exact) mass is 300 g/mol. The maximum atomic E-state index is 11.9. The summed E-state index contributed by atoms with van der Waals surface area (Å²) >= 11 is 0. The molecule has 7 nitrogen and oxygen atoms in total. The first-order chi connectivity index (χ1) is 9.16. The van der Waals surface area contributed by atoms with Crippen molar-refractivity contribution >= 4 is 21.7 Å². The standard InChI is InChI=1S/C12H20N4O3S/c1-8(2)11(12(13)17)15-10-6-5-9(7-14-10)20(18,19)16(3)4/h5-8,11H,1-4H3,(H2,13,17)(H,14,15). The molecule has 0 aliphatic carbocycles. The maximum absolute atomic E-state index is 11.9. The Morgan fingerprint density at radius 3 is 2.30 bits per heavy atom. The van der Waals surface area contributed by atoms with Crippen molar-refractivity contribution in [2.75, 3.05) is 19.4 Å². The van der Waals surface area contributed by atoms with Crippen LogP contribution in [0.2, 0.25) is 0 Å². The number of nitrogens with zero attached hydrogens (tertiary/aromatic N) is 2. The fourth-order valence-corrected chi connectivity index (χ4v) is 2.40. The Bertz CT molecular complexity index is 567. The third kappa shape index (κ3) is 3.67. The number of hydrogen-bond acceptors (Lipinski definition) is 5. The van der Waals surface area contributed by atoms with Crippen molar-refractivity contribution in [1.82, 2.24) is 9.29 Å². The van der Waals surface area contributed by atoms with Gasteiger partial charge in [0.25, 0.3) is 0 Å². The molecule has 1 aromatic heterocycles. The number of primary amides is 1. The molecule has 1 aromatic rings. The molecule has 0 bridgehead atoms. The van der Waals surface area contributed by atoms with Crippen LogP contribution in [0.15, 0.2) is 23.2 Å². The van der Waals surface area contributed by atoms with Crippen LogP contribution in [-0.4, -0.2) is 43.8 Å². The number of nitrogens with two attached hydrogens (primary N) is 1. The van der Waals surface area contributed by atoms with E-state index in [-0.39, 0.29) is 10.8 Å². The molecule has 8 heteroatoms. The fraction of sp³-hybridized carbons (Fsp3) is 0.500. The second-order valence-electron chi connectivity index (χ2n) is 4.93. The first kappa shape index (κ1) is 16.4. The van der Waals surface area contributed by atoms with E-state index in [9.17, 15) is 13.2 Å². The van der Waals surface area contributed by atoms with Crippen LogP contribution in [0, 0.1) is 5.92 Å². The summed E-state index contributed by atoms with van der Waals surface area (Å²) in [6.07, 6.45) is 1.25. The first-order valence-corrected chi connectivity index (χ1v) is 7.54. The molecule has 0 aromatic carbocycles. The summed E-state index contributed by atoms with van der Waals surface area (Å²) in [4.78, 5) is 15.4. The summed E-state index contributed by atoms with van der Waals surface area (Å²) < 4.78 is 24.9. The normalized spacial score (nSPS) is 13.5. The van der Waals surface area contributed by atoms with Gasteiger partial charge in [-0.2, -0.15) is 0 Å².